The Labute approximate surface area is 111 Å². The zero-order valence-corrected chi connectivity index (χ0v) is 11.0. The van der Waals surface area contributed by atoms with Crippen molar-refractivity contribution in [1.82, 2.24) is 9.97 Å². The van der Waals surface area contributed by atoms with Gasteiger partial charge in [0.25, 0.3) is 0 Å². The molecule has 0 fully saturated rings. The van der Waals surface area contributed by atoms with Gasteiger partial charge in [0, 0.05) is 11.9 Å². The van der Waals surface area contributed by atoms with Crippen molar-refractivity contribution >= 4 is 23.1 Å². The number of ether oxygens (including phenoxy) is 1. The van der Waals surface area contributed by atoms with Gasteiger partial charge >= 0.3 is 0 Å². The molecule has 2 aromatic rings. The number of hydrogen-bond donors (Lipinski definition) is 1. The van der Waals surface area contributed by atoms with Gasteiger partial charge in [-0.05, 0) is 55.8 Å². The number of aromatic nitrogens is 2. The van der Waals surface area contributed by atoms with E-state index in [-0.39, 0.29) is 11.4 Å². The molecule has 0 spiro atoms. The van der Waals surface area contributed by atoms with E-state index in [0.29, 0.717) is 5.82 Å². The lowest BCUT2D eigenvalue weighted by Crippen LogP contribution is -2.05. The van der Waals surface area contributed by atoms with E-state index in [0.717, 1.165) is 11.4 Å². The SMILES string of the molecule is CC(C)Oc1ccc(Nc2ccnc(Cl)n2)cc1. The number of rotatable bonds is 4. The maximum Gasteiger partial charge on any atom is 0.224 e. The summed E-state index contributed by atoms with van der Waals surface area (Å²) in [5.41, 5.74) is 0.917. The molecule has 1 heterocycles. The van der Waals surface area contributed by atoms with Crippen molar-refractivity contribution in [3.63, 3.8) is 0 Å². The number of nitrogens with one attached hydrogen (secondary N) is 1. The fourth-order valence-electron chi connectivity index (χ4n) is 1.44. The number of halogens is 1. The molecule has 2 rings (SSSR count). The van der Waals surface area contributed by atoms with Crippen molar-refractivity contribution in [1.29, 1.82) is 0 Å². The average molecular weight is 264 g/mol. The minimum absolute atomic E-state index is 0.171. The maximum absolute atomic E-state index is 5.71. The lowest BCUT2D eigenvalue weighted by Gasteiger charge is -2.10. The summed E-state index contributed by atoms with van der Waals surface area (Å²) in [5, 5.41) is 3.36. The lowest BCUT2D eigenvalue weighted by molar-refractivity contribution is 0.242. The van der Waals surface area contributed by atoms with E-state index in [1.165, 1.54) is 0 Å². The number of hydrogen-bond acceptors (Lipinski definition) is 4. The molecule has 0 amide bonds. The number of benzene rings is 1. The predicted molar refractivity (Wildman–Crippen MR) is 72.5 cm³/mol. The molecule has 0 unspecified atom stereocenters. The van der Waals surface area contributed by atoms with E-state index in [1.54, 1.807) is 12.3 Å². The third kappa shape index (κ3) is 3.60. The zero-order chi connectivity index (χ0) is 13.0. The fraction of sp³-hybridized carbons (Fsp3) is 0.231. The average Bonchev–Trinajstić information content (AvgIpc) is 2.31. The Morgan fingerprint density at radius 3 is 2.50 bits per heavy atom. The summed E-state index contributed by atoms with van der Waals surface area (Å²) in [4.78, 5) is 7.87. The van der Waals surface area contributed by atoms with Gasteiger partial charge in [0.15, 0.2) is 0 Å². The van der Waals surface area contributed by atoms with Crippen molar-refractivity contribution in [2.45, 2.75) is 20.0 Å². The first-order valence-electron chi connectivity index (χ1n) is 5.66. The maximum atomic E-state index is 5.71. The van der Waals surface area contributed by atoms with Gasteiger partial charge in [-0.3, -0.25) is 0 Å². The standard InChI is InChI=1S/C13H14ClN3O/c1-9(2)18-11-5-3-10(4-6-11)16-12-7-8-15-13(14)17-12/h3-9H,1-2H3,(H,15,16,17). The molecule has 0 saturated heterocycles. The molecule has 0 aliphatic heterocycles. The second-order valence-corrected chi connectivity index (χ2v) is 4.36. The van der Waals surface area contributed by atoms with Gasteiger partial charge in [-0.1, -0.05) is 0 Å². The highest BCUT2D eigenvalue weighted by Gasteiger charge is 2.00. The smallest absolute Gasteiger partial charge is 0.224 e. The molecule has 4 nitrogen and oxygen atoms in total. The van der Waals surface area contributed by atoms with E-state index in [4.69, 9.17) is 16.3 Å². The highest BCUT2D eigenvalue weighted by molar-refractivity contribution is 6.28. The van der Waals surface area contributed by atoms with Crippen LogP contribution in [0.15, 0.2) is 36.5 Å². The Kier molecular flexibility index (Phi) is 3.99. The van der Waals surface area contributed by atoms with Crippen molar-refractivity contribution < 1.29 is 4.74 Å². The van der Waals surface area contributed by atoms with Crippen molar-refractivity contribution in [2.75, 3.05) is 5.32 Å². The summed E-state index contributed by atoms with van der Waals surface area (Å²) < 4.78 is 5.56. The first kappa shape index (κ1) is 12.6. The second-order valence-electron chi connectivity index (χ2n) is 4.03. The Hall–Kier alpha value is -1.81. The van der Waals surface area contributed by atoms with Crippen molar-refractivity contribution in [3.05, 3.63) is 41.8 Å². The van der Waals surface area contributed by atoms with E-state index in [2.05, 4.69) is 15.3 Å². The fourth-order valence-corrected chi connectivity index (χ4v) is 1.59. The van der Waals surface area contributed by atoms with Crippen LogP contribution in [0.5, 0.6) is 5.75 Å². The van der Waals surface area contributed by atoms with Crippen LogP contribution in [0, 0.1) is 0 Å². The van der Waals surface area contributed by atoms with Crippen LogP contribution in [-0.4, -0.2) is 16.1 Å². The van der Waals surface area contributed by atoms with Gasteiger partial charge in [0.2, 0.25) is 5.28 Å². The van der Waals surface area contributed by atoms with Crippen LogP contribution in [0.2, 0.25) is 5.28 Å². The third-order valence-electron chi connectivity index (χ3n) is 2.12. The highest BCUT2D eigenvalue weighted by Crippen LogP contribution is 2.20. The van der Waals surface area contributed by atoms with Crippen molar-refractivity contribution in [3.8, 4) is 5.75 Å². The Balaban J connectivity index is 2.06. The molecular weight excluding hydrogens is 250 g/mol. The van der Waals surface area contributed by atoms with E-state index >= 15 is 0 Å². The Morgan fingerprint density at radius 2 is 1.89 bits per heavy atom. The first-order chi connectivity index (χ1) is 8.63. The summed E-state index contributed by atoms with van der Waals surface area (Å²) >= 11 is 5.71. The summed E-state index contributed by atoms with van der Waals surface area (Å²) in [7, 11) is 0. The summed E-state index contributed by atoms with van der Waals surface area (Å²) in [6, 6.07) is 9.42. The van der Waals surface area contributed by atoms with Gasteiger partial charge in [-0.2, -0.15) is 0 Å². The normalized spacial score (nSPS) is 10.4. The lowest BCUT2D eigenvalue weighted by atomic mass is 10.3. The van der Waals surface area contributed by atoms with Gasteiger partial charge in [-0.25, -0.2) is 9.97 Å². The van der Waals surface area contributed by atoms with E-state index in [1.807, 2.05) is 38.1 Å². The number of nitrogens with zero attached hydrogens (tertiary/aromatic N) is 2. The van der Waals surface area contributed by atoms with Crippen LogP contribution in [0.1, 0.15) is 13.8 Å². The van der Waals surface area contributed by atoms with Gasteiger partial charge in [-0.15, -0.1) is 0 Å². The van der Waals surface area contributed by atoms with Crippen LogP contribution in [0.4, 0.5) is 11.5 Å². The molecule has 0 radical (unpaired) electrons. The molecule has 0 bridgehead atoms. The van der Waals surface area contributed by atoms with Crippen LogP contribution >= 0.6 is 11.6 Å². The molecule has 1 N–H and O–H groups in total. The molecular formula is C13H14ClN3O. The number of anilines is 2. The van der Waals surface area contributed by atoms with E-state index < -0.39 is 0 Å². The predicted octanol–water partition coefficient (Wildman–Crippen LogP) is 3.66. The van der Waals surface area contributed by atoms with Gasteiger partial charge < -0.3 is 10.1 Å². The second kappa shape index (κ2) is 5.69. The Bertz CT molecular complexity index is 514. The van der Waals surface area contributed by atoms with Crippen LogP contribution in [0.3, 0.4) is 0 Å². The molecule has 1 aromatic carbocycles. The van der Waals surface area contributed by atoms with Gasteiger partial charge in [0.1, 0.15) is 11.6 Å². The molecule has 0 aliphatic carbocycles. The molecule has 5 heteroatoms. The third-order valence-corrected chi connectivity index (χ3v) is 2.31. The van der Waals surface area contributed by atoms with Crippen LogP contribution in [0.25, 0.3) is 0 Å². The monoisotopic (exact) mass is 263 g/mol. The summed E-state index contributed by atoms with van der Waals surface area (Å²) in [6.07, 6.45) is 1.78. The first-order valence-corrected chi connectivity index (χ1v) is 6.03. The minimum atomic E-state index is 0.171. The molecule has 94 valence electrons. The highest BCUT2D eigenvalue weighted by atomic mass is 35.5. The largest absolute Gasteiger partial charge is 0.491 e. The molecule has 0 aliphatic rings. The molecule has 1 aromatic heterocycles. The van der Waals surface area contributed by atoms with Gasteiger partial charge in [0.05, 0.1) is 6.10 Å². The van der Waals surface area contributed by atoms with Crippen LogP contribution in [-0.2, 0) is 0 Å². The van der Waals surface area contributed by atoms with Crippen LogP contribution < -0.4 is 10.1 Å². The molecule has 0 saturated carbocycles. The quantitative estimate of drug-likeness (QED) is 0.855. The Morgan fingerprint density at radius 1 is 1.17 bits per heavy atom. The molecule has 18 heavy (non-hydrogen) atoms. The topological polar surface area (TPSA) is 47.0 Å². The molecule has 0 atom stereocenters. The zero-order valence-electron chi connectivity index (χ0n) is 10.2. The van der Waals surface area contributed by atoms with E-state index in [9.17, 15) is 0 Å². The summed E-state index contributed by atoms with van der Waals surface area (Å²) in [6.45, 7) is 3.99. The van der Waals surface area contributed by atoms with Crippen molar-refractivity contribution in [2.24, 2.45) is 0 Å². The summed E-state index contributed by atoms with van der Waals surface area (Å²) in [5.74, 6) is 1.50. The minimum Gasteiger partial charge on any atom is -0.491 e.